The zero-order chi connectivity index (χ0) is 19.6. The van der Waals surface area contributed by atoms with Crippen LogP contribution < -0.4 is 21.1 Å². The molecule has 3 rings (SSSR count). The summed E-state index contributed by atoms with van der Waals surface area (Å²) in [6, 6.07) is 2.19. The minimum Gasteiger partial charge on any atom is -0.429 e. The Kier molecular flexibility index (Phi) is 5.73. The molecule has 0 saturated carbocycles. The molecule has 0 spiro atoms. The SMILES string of the molecule is C[C@@H]1CNCC[C@@H]1[C@H](C)Nc1cc(-c2n[nH]c(=O)o2)cc(F)c1OC(F)F. The zero-order valence-electron chi connectivity index (χ0n) is 14.9. The van der Waals surface area contributed by atoms with Crippen molar-refractivity contribution < 1.29 is 22.3 Å². The summed E-state index contributed by atoms with van der Waals surface area (Å²) in [6.45, 7) is 2.54. The van der Waals surface area contributed by atoms with E-state index in [2.05, 4.69) is 32.5 Å². The molecular weight excluding hydrogens is 365 g/mol. The van der Waals surface area contributed by atoms with E-state index in [1.165, 1.54) is 6.07 Å². The van der Waals surface area contributed by atoms with Gasteiger partial charge in [0.25, 0.3) is 0 Å². The molecule has 0 unspecified atom stereocenters. The molecule has 1 aliphatic rings. The van der Waals surface area contributed by atoms with Crippen LogP contribution in [0.5, 0.6) is 5.75 Å². The first-order valence-electron chi connectivity index (χ1n) is 8.66. The molecule has 3 atom stereocenters. The van der Waals surface area contributed by atoms with Crippen molar-refractivity contribution >= 4 is 5.69 Å². The summed E-state index contributed by atoms with van der Waals surface area (Å²) < 4.78 is 49.2. The molecule has 0 amide bonds. The number of anilines is 1. The van der Waals surface area contributed by atoms with E-state index in [9.17, 15) is 18.0 Å². The van der Waals surface area contributed by atoms with Gasteiger partial charge in [0.15, 0.2) is 11.6 Å². The lowest BCUT2D eigenvalue weighted by Crippen LogP contribution is -2.42. The second kappa shape index (κ2) is 8.03. The fourth-order valence-corrected chi connectivity index (χ4v) is 3.52. The number of rotatable bonds is 6. The predicted octanol–water partition coefficient (Wildman–Crippen LogP) is 2.82. The highest BCUT2D eigenvalue weighted by atomic mass is 19.3. The molecule has 27 heavy (non-hydrogen) atoms. The Bertz CT molecular complexity index is 839. The van der Waals surface area contributed by atoms with E-state index in [0.29, 0.717) is 5.92 Å². The maximum Gasteiger partial charge on any atom is 0.434 e. The number of piperidine rings is 1. The van der Waals surface area contributed by atoms with Crippen LogP contribution in [0.2, 0.25) is 0 Å². The van der Waals surface area contributed by atoms with Crippen LogP contribution in [0.25, 0.3) is 11.5 Å². The third-order valence-electron chi connectivity index (χ3n) is 4.81. The molecule has 2 aromatic rings. The van der Waals surface area contributed by atoms with Gasteiger partial charge in [-0.05, 0) is 50.4 Å². The van der Waals surface area contributed by atoms with Crippen LogP contribution in [0.4, 0.5) is 18.9 Å². The summed E-state index contributed by atoms with van der Waals surface area (Å²) in [5.41, 5.74) is 0.176. The van der Waals surface area contributed by atoms with Crippen LogP contribution in [-0.4, -0.2) is 35.9 Å². The van der Waals surface area contributed by atoms with Crippen molar-refractivity contribution in [3.63, 3.8) is 0 Å². The van der Waals surface area contributed by atoms with Gasteiger partial charge in [-0.1, -0.05) is 6.92 Å². The molecule has 10 heteroatoms. The number of halogens is 3. The smallest absolute Gasteiger partial charge is 0.429 e. The predicted molar refractivity (Wildman–Crippen MR) is 92.4 cm³/mol. The van der Waals surface area contributed by atoms with E-state index >= 15 is 0 Å². The first kappa shape index (κ1) is 19.3. The molecule has 0 radical (unpaired) electrons. The lowest BCUT2D eigenvalue weighted by Gasteiger charge is -2.35. The van der Waals surface area contributed by atoms with Crippen molar-refractivity contribution in [2.75, 3.05) is 18.4 Å². The average Bonchev–Trinajstić information content (AvgIpc) is 3.04. The molecule has 3 N–H and O–H groups in total. The fourth-order valence-electron chi connectivity index (χ4n) is 3.52. The van der Waals surface area contributed by atoms with E-state index in [0.717, 1.165) is 25.6 Å². The summed E-state index contributed by atoms with van der Waals surface area (Å²) in [5.74, 6) is -1.91. The minimum atomic E-state index is -3.18. The van der Waals surface area contributed by atoms with Gasteiger partial charge in [-0.2, -0.15) is 8.78 Å². The van der Waals surface area contributed by atoms with Crippen molar-refractivity contribution in [2.24, 2.45) is 11.8 Å². The van der Waals surface area contributed by atoms with Crippen molar-refractivity contribution in [1.82, 2.24) is 15.5 Å². The number of alkyl halides is 2. The molecule has 148 valence electrons. The van der Waals surface area contributed by atoms with Crippen LogP contribution in [0.1, 0.15) is 20.3 Å². The molecule has 1 aromatic carbocycles. The monoisotopic (exact) mass is 386 g/mol. The maximum atomic E-state index is 14.5. The Balaban J connectivity index is 1.94. The zero-order valence-corrected chi connectivity index (χ0v) is 14.9. The first-order chi connectivity index (χ1) is 12.8. The van der Waals surface area contributed by atoms with E-state index < -0.39 is 23.9 Å². The van der Waals surface area contributed by atoms with Crippen LogP contribution in [0, 0.1) is 17.7 Å². The van der Waals surface area contributed by atoms with Crippen molar-refractivity contribution in [3.8, 4) is 17.2 Å². The topological polar surface area (TPSA) is 92.2 Å². The van der Waals surface area contributed by atoms with Crippen LogP contribution in [-0.2, 0) is 0 Å². The van der Waals surface area contributed by atoms with E-state index in [1.54, 1.807) is 0 Å². The molecule has 1 fully saturated rings. The summed E-state index contributed by atoms with van der Waals surface area (Å²) >= 11 is 0. The highest BCUT2D eigenvalue weighted by Crippen LogP contribution is 2.36. The van der Waals surface area contributed by atoms with Crippen molar-refractivity contribution in [2.45, 2.75) is 32.9 Å². The third kappa shape index (κ3) is 4.44. The van der Waals surface area contributed by atoms with Gasteiger partial charge >= 0.3 is 12.4 Å². The quantitative estimate of drug-likeness (QED) is 0.707. The number of ether oxygens (including phenoxy) is 1. The molecule has 1 saturated heterocycles. The number of nitrogens with one attached hydrogen (secondary N) is 3. The molecule has 1 aromatic heterocycles. The Morgan fingerprint density at radius 2 is 2.19 bits per heavy atom. The van der Waals surface area contributed by atoms with Gasteiger partial charge in [-0.15, -0.1) is 5.10 Å². The Morgan fingerprint density at radius 1 is 1.41 bits per heavy atom. The third-order valence-corrected chi connectivity index (χ3v) is 4.81. The second-order valence-corrected chi connectivity index (χ2v) is 6.70. The highest BCUT2D eigenvalue weighted by Gasteiger charge is 2.28. The second-order valence-electron chi connectivity index (χ2n) is 6.70. The number of hydrogen-bond donors (Lipinski definition) is 3. The van der Waals surface area contributed by atoms with Crippen LogP contribution in [0.15, 0.2) is 21.3 Å². The van der Waals surface area contributed by atoms with Crippen LogP contribution in [0.3, 0.4) is 0 Å². The first-order valence-corrected chi connectivity index (χ1v) is 8.66. The Labute approximate surface area is 153 Å². The van der Waals surface area contributed by atoms with E-state index in [4.69, 9.17) is 4.42 Å². The summed E-state index contributed by atoms with van der Waals surface area (Å²) in [6.07, 6.45) is 0.900. The van der Waals surface area contributed by atoms with Gasteiger partial charge < -0.3 is 19.8 Å². The van der Waals surface area contributed by atoms with Gasteiger partial charge in [0.2, 0.25) is 5.89 Å². The van der Waals surface area contributed by atoms with Crippen LogP contribution >= 0.6 is 0 Å². The summed E-state index contributed by atoms with van der Waals surface area (Å²) in [5, 5.41) is 12.1. The molecular formula is C17H21F3N4O3. The Morgan fingerprint density at radius 3 is 2.81 bits per heavy atom. The van der Waals surface area contributed by atoms with Crippen molar-refractivity contribution in [3.05, 3.63) is 28.5 Å². The number of aromatic nitrogens is 2. The molecule has 1 aliphatic heterocycles. The van der Waals surface area contributed by atoms with Gasteiger partial charge in [-0.25, -0.2) is 14.3 Å². The number of H-pyrrole nitrogens is 1. The number of nitrogens with zero attached hydrogens (tertiary/aromatic N) is 1. The molecule has 7 nitrogen and oxygen atoms in total. The summed E-state index contributed by atoms with van der Waals surface area (Å²) in [4.78, 5) is 11.1. The maximum absolute atomic E-state index is 14.5. The van der Waals surface area contributed by atoms with Gasteiger partial charge in [0, 0.05) is 11.6 Å². The van der Waals surface area contributed by atoms with Gasteiger partial charge in [0.05, 0.1) is 5.69 Å². The van der Waals surface area contributed by atoms with E-state index in [1.807, 2.05) is 6.92 Å². The standard InChI is InChI=1S/C17H21F3N4O3/c1-8-7-21-4-3-11(8)9(2)22-13-6-10(15-23-24-17(25)27-15)5-12(18)14(13)26-16(19)20/h5-6,8-9,11,16,21-22H,3-4,7H2,1-2H3,(H,24,25)/t8-,9+,11+/m1/s1. The number of hydrogen-bond acceptors (Lipinski definition) is 6. The van der Waals surface area contributed by atoms with E-state index in [-0.39, 0.29) is 29.1 Å². The largest absolute Gasteiger partial charge is 0.434 e. The van der Waals surface area contributed by atoms with Gasteiger partial charge in [0.1, 0.15) is 0 Å². The van der Waals surface area contributed by atoms with Gasteiger partial charge in [-0.3, -0.25) is 0 Å². The Hall–Kier alpha value is -2.49. The van der Waals surface area contributed by atoms with Crippen molar-refractivity contribution in [1.29, 1.82) is 0 Å². The minimum absolute atomic E-state index is 0.0502. The molecule has 0 aliphatic carbocycles. The lowest BCUT2D eigenvalue weighted by atomic mass is 9.82. The average molecular weight is 386 g/mol. The molecule has 2 heterocycles. The number of benzene rings is 1. The normalized spacial score (nSPS) is 21.3. The lowest BCUT2D eigenvalue weighted by molar-refractivity contribution is -0.0517. The molecule has 0 bridgehead atoms. The summed E-state index contributed by atoms with van der Waals surface area (Å²) in [7, 11) is 0. The highest BCUT2D eigenvalue weighted by molar-refractivity contribution is 5.68. The fraction of sp³-hybridized carbons (Fsp3) is 0.529. The number of aromatic amines is 1.